The SMILES string of the molecule is CCCOc1ccc(-c2noc(C3CCC(=O)N3Cc3cc(C)ccc3C)n2)cc1. The smallest absolute Gasteiger partial charge is 0.249 e. The summed E-state index contributed by atoms with van der Waals surface area (Å²) in [5, 5.41) is 4.16. The largest absolute Gasteiger partial charge is 0.494 e. The Morgan fingerprint density at radius 1 is 1.17 bits per heavy atom. The minimum absolute atomic E-state index is 0.123. The van der Waals surface area contributed by atoms with E-state index < -0.39 is 0 Å². The van der Waals surface area contributed by atoms with Crippen molar-refractivity contribution < 1.29 is 14.1 Å². The third kappa shape index (κ3) is 4.22. The first kappa shape index (κ1) is 20.1. The fourth-order valence-electron chi connectivity index (χ4n) is 3.75. The van der Waals surface area contributed by atoms with E-state index in [-0.39, 0.29) is 11.9 Å². The van der Waals surface area contributed by atoms with Crippen LogP contribution in [-0.2, 0) is 11.3 Å². The topological polar surface area (TPSA) is 68.5 Å². The van der Waals surface area contributed by atoms with Crippen LogP contribution in [0.2, 0.25) is 0 Å². The molecule has 3 aromatic rings. The summed E-state index contributed by atoms with van der Waals surface area (Å²) in [6, 6.07) is 13.8. The van der Waals surface area contributed by atoms with Gasteiger partial charge in [0, 0.05) is 18.5 Å². The zero-order valence-electron chi connectivity index (χ0n) is 17.7. The van der Waals surface area contributed by atoms with E-state index in [9.17, 15) is 4.79 Å². The molecule has 0 aliphatic carbocycles. The molecule has 30 heavy (non-hydrogen) atoms. The van der Waals surface area contributed by atoms with E-state index in [2.05, 4.69) is 49.1 Å². The van der Waals surface area contributed by atoms with E-state index in [1.54, 1.807) is 0 Å². The minimum atomic E-state index is -0.189. The van der Waals surface area contributed by atoms with Crippen LogP contribution in [0, 0.1) is 13.8 Å². The molecule has 6 heteroatoms. The van der Waals surface area contributed by atoms with Crippen LogP contribution in [0.25, 0.3) is 11.4 Å². The van der Waals surface area contributed by atoms with Gasteiger partial charge in [-0.2, -0.15) is 4.98 Å². The quantitative estimate of drug-likeness (QED) is 0.553. The number of amides is 1. The Labute approximate surface area is 176 Å². The third-order valence-electron chi connectivity index (χ3n) is 5.49. The first-order valence-corrected chi connectivity index (χ1v) is 10.5. The zero-order chi connectivity index (χ0) is 21.1. The van der Waals surface area contributed by atoms with Crippen molar-refractivity contribution in [3.8, 4) is 17.1 Å². The van der Waals surface area contributed by atoms with Gasteiger partial charge < -0.3 is 14.2 Å². The first-order valence-electron chi connectivity index (χ1n) is 10.5. The number of aromatic nitrogens is 2. The van der Waals surface area contributed by atoms with E-state index in [1.807, 2.05) is 29.2 Å². The number of hydrogen-bond donors (Lipinski definition) is 0. The summed E-state index contributed by atoms with van der Waals surface area (Å²) in [5.41, 5.74) is 4.37. The highest BCUT2D eigenvalue weighted by Gasteiger charge is 2.36. The summed E-state index contributed by atoms with van der Waals surface area (Å²) in [6.45, 7) is 7.46. The van der Waals surface area contributed by atoms with Crippen LogP contribution in [0.3, 0.4) is 0 Å². The predicted octanol–water partition coefficient (Wildman–Crippen LogP) is 5.01. The zero-order valence-corrected chi connectivity index (χ0v) is 17.7. The number of carbonyl (C=O) groups excluding carboxylic acids is 1. The number of ether oxygens (including phenoxy) is 1. The maximum Gasteiger partial charge on any atom is 0.249 e. The van der Waals surface area contributed by atoms with E-state index in [0.717, 1.165) is 23.3 Å². The van der Waals surface area contributed by atoms with E-state index in [0.29, 0.717) is 37.7 Å². The average molecular weight is 405 g/mol. The molecular formula is C24H27N3O3. The number of aryl methyl sites for hydroxylation is 2. The molecule has 4 rings (SSSR count). The summed E-state index contributed by atoms with van der Waals surface area (Å²) >= 11 is 0. The molecule has 0 bridgehead atoms. The Balaban J connectivity index is 1.53. The molecule has 1 atom stereocenters. The van der Waals surface area contributed by atoms with Crippen LogP contribution >= 0.6 is 0 Å². The fourth-order valence-corrected chi connectivity index (χ4v) is 3.75. The lowest BCUT2D eigenvalue weighted by molar-refractivity contribution is -0.130. The number of benzene rings is 2. The second-order valence-corrected chi connectivity index (χ2v) is 7.84. The lowest BCUT2D eigenvalue weighted by atomic mass is 10.0. The van der Waals surface area contributed by atoms with Gasteiger partial charge in [0.05, 0.1) is 6.61 Å². The van der Waals surface area contributed by atoms with Crippen molar-refractivity contribution >= 4 is 5.91 Å². The molecule has 2 aromatic carbocycles. The lowest BCUT2D eigenvalue weighted by Gasteiger charge is -2.23. The predicted molar refractivity (Wildman–Crippen MR) is 114 cm³/mol. The molecular weight excluding hydrogens is 378 g/mol. The molecule has 1 amide bonds. The van der Waals surface area contributed by atoms with Gasteiger partial charge >= 0.3 is 0 Å². The molecule has 2 heterocycles. The molecule has 156 valence electrons. The molecule has 1 fully saturated rings. The van der Waals surface area contributed by atoms with Crippen molar-refractivity contribution in [1.82, 2.24) is 15.0 Å². The first-order chi connectivity index (χ1) is 14.5. The maximum absolute atomic E-state index is 12.6. The third-order valence-corrected chi connectivity index (χ3v) is 5.49. The molecule has 6 nitrogen and oxygen atoms in total. The van der Waals surface area contributed by atoms with Gasteiger partial charge in [0.1, 0.15) is 11.8 Å². The Kier molecular flexibility index (Phi) is 5.84. The highest BCUT2D eigenvalue weighted by molar-refractivity contribution is 5.79. The Bertz CT molecular complexity index is 1030. The van der Waals surface area contributed by atoms with E-state index in [1.165, 1.54) is 11.1 Å². The van der Waals surface area contributed by atoms with Gasteiger partial charge in [0.25, 0.3) is 0 Å². The van der Waals surface area contributed by atoms with Crippen LogP contribution in [0.15, 0.2) is 47.0 Å². The Morgan fingerprint density at radius 2 is 1.97 bits per heavy atom. The highest BCUT2D eigenvalue weighted by Crippen LogP contribution is 2.34. The van der Waals surface area contributed by atoms with Crippen LogP contribution in [-0.4, -0.2) is 27.6 Å². The highest BCUT2D eigenvalue weighted by atomic mass is 16.5. The lowest BCUT2D eigenvalue weighted by Crippen LogP contribution is -2.27. The Morgan fingerprint density at radius 3 is 2.73 bits per heavy atom. The normalized spacial score (nSPS) is 16.3. The van der Waals surface area contributed by atoms with Gasteiger partial charge in [-0.05, 0) is 62.1 Å². The molecule has 1 saturated heterocycles. The summed E-state index contributed by atoms with van der Waals surface area (Å²) in [6.07, 6.45) is 2.15. The maximum atomic E-state index is 12.6. The number of hydrogen-bond acceptors (Lipinski definition) is 5. The number of likely N-dealkylation sites (tertiary alicyclic amines) is 1. The Hall–Kier alpha value is -3.15. The van der Waals surface area contributed by atoms with Crippen molar-refractivity contribution in [1.29, 1.82) is 0 Å². The van der Waals surface area contributed by atoms with Crippen LogP contribution in [0.5, 0.6) is 5.75 Å². The second-order valence-electron chi connectivity index (χ2n) is 7.84. The van der Waals surface area contributed by atoms with Crippen molar-refractivity contribution in [3.05, 3.63) is 65.0 Å². The van der Waals surface area contributed by atoms with E-state index >= 15 is 0 Å². The average Bonchev–Trinajstić information content (AvgIpc) is 3.37. The molecule has 0 N–H and O–H groups in total. The number of rotatable bonds is 7. The fraction of sp³-hybridized carbons (Fsp3) is 0.375. The van der Waals surface area contributed by atoms with Gasteiger partial charge in [-0.15, -0.1) is 0 Å². The monoisotopic (exact) mass is 405 g/mol. The van der Waals surface area contributed by atoms with Crippen molar-refractivity contribution in [3.63, 3.8) is 0 Å². The second kappa shape index (κ2) is 8.69. The molecule has 1 aliphatic heterocycles. The molecule has 1 aliphatic rings. The van der Waals surface area contributed by atoms with E-state index in [4.69, 9.17) is 9.26 Å². The van der Waals surface area contributed by atoms with Crippen LogP contribution in [0.1, 0.15) is 54.8 Å². The standard InChI is InChI=1S/C24H27N3O3/c1-4-13-29-20-9-7-18(8-10-20)23-25-24(30-26-23)21-11-12-22(28)27(21)15-19-14-16(2)5-6-17(19)3/h5-10,14,21H,4,11-13,15H2,1-3H3. The summed E-state index contributed by atoms with van der Waals surface area (Å²) in [7, 11) is 0. The molecule has 1 aromatic heterocycles. The van der Waals surface area contributed by atoms with Crippen molar-refractivity contribution in [2.75, 3.05) is 6.61 Å². The molecule has 0 spiro atoms. The van der Waals surface area contributed by atoms with Gasteiger partial charge in [-0.1, -0.05) is 35.8 Å². The number of nitrogens with zero attached hydrogens (tertiary/aromatic N) is 3. The summed E-state index contributed by atoms with van der Waals surface area (Å²) < 4.78 is 11.2. The van der Waals surface area contributed by atoms with Crippen molar-refractivity contribution in [2.24, 2.45) is 0 Å². The number of carbonyl (C=O) groups is 1. The summed E-state index contributed by atoms with van der Waals surface area (Å²) in [5.74, 6) is 1.97. The van der Waals surface area contributed by atoms with Gasteiger partial charge in [-0.25, -0.2) is 0 Å². The minimum Gasteiger partial charge on any atom is -0.494 e. The molecule has 1 unspecified atom stereocenters. The van der Waals surface area contributed by atoms with Crippen molar-refractivity contribution in [2.45, 2.75) is 52.6 Å². The molecule has 0 saturated carbocycles. The van der Waals surface area contributed by atoms with Crippen LogP contribution < -0.4 is 4.74 Å². The van der Waals surface area contributed by atoms with Gasteiger partial charge in [0.15, 0.2) is 0 Å². The van der Waals surface area contributed by atoms with Gasteiger partial charge in [-0.3, -0.25) is 4.79 Å². The summed E-state index contributed by atoms with van der Waals surface area (Å²) in [4.78, 5) is 19.1. The molecule has 0 radical (unpaired) electrons. The van der Waals surface area contributed by atoms with Crippen LogP contribution in [0.4, 0.5) is 0 Å². The van der Waals surface area contributed by atoms with Gasteiger partial charge in [0.2, 0.25) is 17.6 Å².